The average molecular weight is 411 g/mol. The molecule has 1 aromatic heterocycles. The van der Waals surface area contributed by atoms with Crippen molar-refractivity contribution in [2.24, 2.45) is 0 Å². The van der Waals surface area contributed by atoms with Crippen LogP contribution in [-0.4, -0.2) is 36.7 Å². The highest BCUT2D eigenvalue weighted by Gasteiger charge is 2.28. The molecule has 0 saturated heterocycles. The van der Waals surface area contributed by atoms with Crippen LogP contribution in [0, 0.1) is 0 Å². The minimum Gasteiger partial charge on any atom is -0.497 e. The highest BCUT2D eigenvalue weighted by molar-refractivity contribution is 5.91. The topological polar surface area (TPSA) is 89.6 Å². The molecule has 10 heteroatoms. The van der Waals surface area contributed by atoms with Crippen LogP contribution in [0.5, 0.6) is 11.6 Å². The predicted molar refractivity (Wildman–Crippen MR) is 98.6 cm³/mol. The quantitative estimate of drug-likeness (QED) is 0.696. The van der Waals surface area contributed by atoms with Crippen LogP contribution in [0.25, 0.3) is 0 Å². The third-order valence-corrected chi connectivity index (χ3v) is 3.69. The summed E-state index contributed by atoms with van der Waals surface area (Å²) >= 11 is 0. The summed E-state index contributed by atoms with van der Waals surface area (Å²) in [6.07, 6.45) is -3.34. The van der Waals surface area contributed by atoms with Gasteiger partial charge in [-0.2, -0.15) is 13.2 Å². The fourth-order valence-electron chi connectivity index (χ4n) is 2.43. The molecule has 2 rings (SSSR count). The number of anilines is 1. The fourth-order valence-corrected chi connectivity index (χ4v) is 2.43. The molecule has 29 heavy (non-hydrogen) atoms. The van der Waals surface area contributed by atoms with Gasteiger partial charge in [-0.25, -0.2) is 4.98 Å². The Balaban J connectivity index is 1.99. The number of halogens is 3. The van der Waals surface area contributed by atoms with E-state index in [-0.39, 0.29) is 23.9 Å². The number of carbonyl (C=O) groups excluding carboxylic acids is 2. The Hall–Kier alpha value is -3.30. The number of carbonyl (C=O) groups is 2. The molecule has 0 aliphatic rings. The minimum atomic E-state index is -4.46. The molecule has 0 radical (unpaired) electrons. The fraction of sp³-hybridized carbons (Fsp3) is 0.316. The highest BCUT2D eigenvalue weighted by Crippen LogP contribution is 2.22. The van der Waals surface area contributed by atoms with Crippen LogP contribution in [-0.2, 0) is 9.59 Å². The molecule has 1 atom stereocenters. The SMILES string of the molecule is COc1ccc(C(CC(=O)Nc2ccc(OCC(F)(F)F)nc2)NC(C)=O)cc1. The van der Waals surface area contributed by atoms with Crippen molar-refractivity contribution < 1.29 is 32.2 Å². The van der Waals surface area contributed by atoms with E-state index in [1.54, 1.807) is 24.3 Å². The summed E-state index contributed by atoms with van der Waals surface area (Å²) < 4.78 is 46.0. The zero-order valence-corrected chi connectivity index (χ0v) is 15.7. The summed E-state index contributed by atoms with van der Waals surface area (Å²) in [7, 11) is 1.53. The summed E-state index contributed by atoms with van der Waals surface area (Å²) in [6.45, 7) is -0.107. The Morgan fingerprint density at radius 2 is 1.83 bits per heavy atom. The number of nitrogens with zero attached hydrogens (tertiary/aromatic N) is 1. The lowest BCUT2D eigenvalue weighted by Crippen LogP contribution is -2.29. The Morgan fingerprint density at radius 3 is 2.34 bits per heavy atom. The third-order valence-electron chi connectivity index (χ3n) is 3.69. The van der Waals surface area contributed by atoms with Gasteiger partial charge in [0.05, 0.1) is 31.5 Å². The van der Waals surface area contributed by atoms with Gasteiger partial charge in [0.15, 0.2) is 6.61 Å². The van der Waals surface area contributed by atoms with Gasteiger partial charge in [-0.15, -0.1) is 0 Å². The van der Waals surface area contributed by atoms with Crippen LogP contribution in [0.3, 0.4) is 0 Å². The molecule has 1 aromatic carbocycles. The smallest absolute Gasteiger partial charge is 0.422 e. The first-order valence-corrected chi connectivity index (χ1v) is 8.53. The number of methoxy groups -OCH3 is 1. The number of amides is 2. The van der Waals surface area contributed by atoms with Crippen molar-refractivity contribution in [3.8, 4) is 11.6 Å². The van der Waals surface area contributed by atoms with Crippen LogP contribution < -0.4 is 20.1 Å². The number of benzene rings is 1. The molecule has 0 fully saturated rings. The zero-order chi connectivity index (χ0) is 21.4. The molecular weight excluding hydrogens is 391 g/mol. The van der Waals surface area contributed by atoms with E-state index in [4.69, 9.17) is 4.74 Å². The molecule has 2 amide bonds. The van der Waals surface area contributed by atoms with Crippen molar-refractivity contribution in [1.82, 2.24) is 10.3 Å². The van der Waals surface area contributed by atoms with Gasteiger partial charge in [-0.05, 0) is 23.8 Å². The second kappa shape index (κ2) is 9.76. The van der Waals surface area contributed by atoms with Crippen molar-refractivity contribution in [1.29, 1.82) is 0 Å². The normalized spacial score (nSPS) is 12.0. The van der Waals surface area contributed by atoms with E-state index in [1.165, 1.54) is 32.4 Å². The van der Waals surface area contributed by atoms with Gasteiger partial charge in [-0.3, -0.25) is 9.59 Å². The molecular formula is C19H20F3N3O4. The van der Waals surface area contributed by atoms with Crippen molar-refractivity contribution in [3.63, 3.8) is 0 Å². The summed E-state index contributed by atoms with van der Waals surface area (Å²) in [4.78, 5) is 27.6. The maximum Gasteiger partial charge on any atom is 0.422 e. The second-order valence-corrected chi connectivity index (χ2v) is 6.07. The monoisotopic (exact) mass is 411 g/mol. The molecule has 0 aliphatic heterocycles. The molecule has 7 nitrogen and oxygen atoms in total. The van der Waals surface area contributed by atoms with Crippen LogP contribution >= 0.6 is 0 Å². The zero-order valence-electron chi connectivity index (χ0n) is 15.7. The summed E-state index contributed by atoms with van der Waals surface area (Å²) in [5.41, 5.74) is 0.996. The van der Waals surface area contributed by atoms with Crippen molar-refractivity contribution in [3.05, 3.63) is 48.2 Å². The van der Waals surface area contributed by atoms with Crippen LogP contribution in [0.15, 0.2) is 42.6 Å². The number of pyridine rings is 1. The third kappa shape index (κ3) is 7.68. The van der Waals surface area contributed by atoms with Crippen molar-refractivity contribution in [2.45, 2.75) is 25.6 Å². The van der Waals surface area contributed by atoms with E-state index in [2.05, 4.69) is 20.4 Å². The number of hydrogen-bond acceptors (Lipinski definition) is 5. The van der Waals surface area contributed by atoms with E-state index in [0.29, 0.717) is 11.3 Å². The van der Waals surface area contributed by atoms with Gasteiger partial charge in [0, 0.05) is 13.0 Å². The molecule has 0 aliphatic carbocycles. The van der Waals surface area contributed by atoms with Crippen LogP contribution in [0.2, 0.25) is 0 Å². The summed E-state index contributed by atoms with van der Waals surface area (Å²) in [6, 6.07) is 8.92. The largest absolute Gasteiger partial charge is 0.497 e. The lowest BCUT2D eigenvalue weighted by Gasteiger charge is -2.18. The van der Waals surface area contributed by atoms with Crippen molar-refractivity contribution >= 4 is 17.5 Å². The maximum atomic E-state index is 12.3. The van der Waals surface area contributed by atoms with E-state index >= 15 is 0 Å². The Bertz CT molecular complexity index is 824. The lowest BCUT2D eigenvalue weighted by molar-refractivity contribution is -0.154. The number of alkyl halides is 3. The Kier molecular flexibility index (Phi) is 7.40. The number of aromatic nitrogens is 1. The first kappa shape index (κ1) is 22.0. The van der Waals surface area contributed by atoms with E-state index in [1.807, 2.05) is 0 Å². The van der Waals surface area contributed by atoms with Gasteiger partial charge in [0.1, 0.15) is 5.75 Å². The predicted octanol–water partition coefficient (Wildman–Crippen LogP) is 3.24. The lowest BCUT2D eigenvalue weighted by atomic mass is 10.0. The molecule has 156 valence electrons. The molecule has 1 unspecified atom stereocenters. The van der Waals surface area contributed by atoms with Crippen LogP contribution in [0.4, 0.5) is 18.9 Å². The summed E-state index contributed by atoms with van der Waals surface area (Å²) in [5.74, 6) is -0.287. The standard InChI is InChI=1S/C19H20F3N3O4/c1-12(26)24-16(13-3-6-15(28-2)7-4-13)9-17(27)25-14-5-8-18(23-10-14)29-11-19(20,21)22/h3-8,10,16H,9,11H2,1-2H3,(H,24,26)(H,25,27). The molecule has 0 saturated carbocycles. The average Bonchev–Trinajstić information content (AvgIpc) is 2.66. The minimum absolute atomic E-state index is 0.0573. The summed E-state index contributed by atoms with van der Waals surface area (Å²) in [5, 5.41) is 5.29. The molecule has 2 N–H and O–H groups in total. The highest BCUT2D eigenvalue weighted by atomic mass is 19.4. The number of nitrogens with one attached hydrogen (secondary N) is 2. The number of ether oxygens (including phenoxy) is 2. The van der Waals surface area contributed by atoms with Gasteiger partial charge in [-0.1, -0.05) is 12.1 Å². The van der Waals surface area contributed by atoms with E-state index in [9.17, 15) is 22.8 Å². The molecule has 1 heterocycles. The molecule has 2 aromatic rings. The van der Waals surface area contributed by atoms with Gasteiger partial charge in [0.25, 0.3) is 0 Å². The first-order chi connectivity index (χ1) is 13.7. The number of hydrogen-bond donors (Lipinski definition) is 2. The van der Waals surface area contributed by atoms with E-state index < -0.39 is 24.7 Å². The number of rotatable bonds is 8. The molecule has 0 spiro atoms. The van der Waals surface area contributed by atoms with Gasteiger partial charge in [0.2, 0.25) is 17.7 Å². The Labute approximate surface area is 165 Å². The Morgan fingerprint density at radius 1 is 1.14 bits per heavy atom. The van der Waals surface area contributed by atoms with Crippen molar-refractivity contribution in [2.75, 3.05) is 19.0 Å². The van der Waals surface area contributed by atoms with Crippen LogP contribution in [0.1, 0.15) is 24.9 Å². The second-order valence-electron chi connectivity index (χ2n) is 6.07. The first-order valence-electron chi connectivity index (χ1n) is 8.53. The van der Waals surface area contributed by atoms with E-state index in [0.717, 1.165) is 0 Å². The van der Waals surface area contributed by atoms with Gasteiger partial charge >= 0.3 is 6.18 Å². The maximum absolute atomic E-state index is 12.3. The van der Waals surface area contributed by atoms with Gasteiger partial charge < -0.3 is 20.1 Å². The molecule has 0 bridgehead atoms.